The molecule has 0 bridgehead atoms. The molecule has 0 aliphatic carbocycles. The Morgan fingerprint density at radius 3 is 2.42 bits per heavy atom. The number of rotatable bonds is 3. The molecule has 3 rings (SSSR count). The summed E-state index contributed by atoms with van der Waals surface area (Å²) in [7, 11) is 0. The van der Waals surface area contributed by atoms with Crippen LogP contribution in [-0.4, -0.2) is 5.54 Å². The normalized spacial score (nSPS) is 11.6. The van der Waals surface area contributed by atoms with Crippen LogP contribution in [0.5, 0.6) is 0 Å². The summed E-state index contributed by atoms with van der Waals surface area (Å²) in [6, 6.07) is 7.19. The van der Waals surface area contributed by atoms with Crippen molar-refractivity contribution >= 4 is 28.2 Å². The van der Waals surface area contributed by atoms with Gasteiger partial charge in [0.25, 0.3) is 10.9 Å². The third kappa shape index (κ3) is 2.54. The molecule has 1 aromatic heterocycles. The first-order chi connectivity index (χ1) is 11.2. The first-order valence-corrected chi connectivity index (χ1v) is 7.53. The molecule has 2 aromatic carbocycles. The summed E-state index contributed by atoms with van der Waals surface area (Å²) in [6.07, 6.45) is 0. The Balaban J connectivity index is 2.01. The van der Waals surface area contributed by atoms with E-state index in [-0.39, 0.29) is 16.9 Å². The molecule has 0 saturated heterocycles. The van der Waals surface area contributed by atoms with E-state index in [9.17, 15) is 9.59 Å². The summed E-state index contributed by atoms with van der Waals surface area (Å²) >= 11 is 0. The highest BCUT2D eigenvalue weighted by Gasteiger charge is 2.26. The Morgan fingerprint density at radius 2 is 1.79 bits per heavy atom. The smallest absolute Gasteiger partial charge is 0.253 e. The van der Waals surface area contributed by atoms with Crippen molar-refractivity contribution in [3.05, 3.63) is 49.8 Å². The fourth-order valence-electron chi connectivity index (χ4n) is 2.53. The lowest BCUT2D eigenvalue weighted by Crippen LogP contribution is -2.41. The average molecular weight is 323 g/mol. The minimum atomic E-state index is -0.570. The largest absolute Gasteiger partial charge is 0.440 e. The lowest BCUT2D eigenvalue weighted by Gasteiger charge is -2.24. The highest BCUT2D eigenvalue weighted by molar-refractivity contribution is 5.89. The zero-order valence-electron chi connectivity index (χ0n) is 13.9. The lowest BCUT2D eigenvalue weighted by atomic mass is 10.1. The molecular formula is C18H17N3O3. The predicted octanol–water partition coefficient (Wildman–Crippen LogP) is 3.16. The Hall–Kier alpha value is -3.07. The van der Waals surface area contributed by atoms with Gasteiger partial charge in [0.1, 0.15) is 17.0 Å². The molecule has 6 heteroatoms. The summed E-state index contributed by atoms with van der Waals surface area (Å²) < 4.78 is 5.72. The number of benzene rings is 1. The number of fused-ring (bicyclic) bond motifs is 1. The zero-order chi connectivity index (χ0) is 17.6. The third-order valence-electron chi connectivity index (χ3n) is 3.71. The van der Waals surface area contributed by atoms with Gasteiger partial charge in [-0.2, -0.15) is 5.26 Å². The molecule has 1 heterocycles. The molecule has 24 heavy (non-hydrogen) atoms. The van der Waals surface area contributed by atoms with Gasteiger partial charge in [-0.25, -0.2) is 0 Å². The summed E-state index contributed by atoms with van der Waals surface area (Å²) in [5.41, 5.74) is 0.940. The van der Waals surface area contributed by atoms with Gasteiger partial charge in [0.2, 0.25) is 5.88 Å². The molecule has 6 nitrogen and oxygen atoms in total. The van der Waals surface area contributed by atoms with E-state index in [1.165, 1.54) is 0 Å². The van der Waals surface area contributed by atoms with Gasteiger partial charge < -0.3 is 15.1 Å². The van der Waals surface area contributed by atoms with Crippen LogP contribution in [0.2, 0.25) is 0 Å². The van der Waals surface area contributed by atoms with E-state index in [1.807, 2.05) is 27.7 Å². The van der Waals surface area contributed by atoms with E-state index in [1.54, 1.807) is 18.2 Å². The summed E-state index contributed by atoms with van der Waals surface area (Å²) in [5.74, 6) is 0.393. The van der Waals surface area contributed by atoms with E-state index in [0.717, 1.165) is 10.9 Å². The maximum atomic E-state index is 11.9. The van der Waals surface area contributed by atoms with E-state index >= 15 is 0 Å². The second kappa shape index (κ2) is 5.24. The summed E-state index contributed by atoms with van der Waals surface area (Å²) in [6.45, 7) is 7.55. The standard InChI is InChI=1S/C18H17N3O3/c1-9-11-7-10(8-19)5-6-12(11)24-17(9)20-13-14(16(23)15(13)22)21-18(2,3)4/h5-7,20-21H,1-4H3. The number of hydrogen-bond acceptors (Lipinski definition) is 6. The number of aryl methyl sites for hydroxylation is 1. The number of nitriles is 1. The lowest BCUT2D eigenvalue weighted by molar-refractivity contribution is 0.627. The Morgan fingerprint density at radius 1 is 1.12 bits per heavy atom. The van der Waals surface area contributed by atoms with Gasteiger partial charge in [0, 0.05) is 16.5 Å². The summed E-state index contributed by atoms with van der Waals surface area (Å²) in [4.78, 5) is 23.7. The van der Waals surface area contributed by atoms with Crippen molar-refractivity contribution in [1.29, 1.82) is 5.26 Å². The fourth-order valence-corrected chi connectivity index (χ4v) is 2.53. The molecule has 0 radical (unpaired) electrons. The number of hydrogen-bond donors (Lipinski definition) is 2. The van der Waals surface area contributed by atoms with Crippen molar-refractivity contribution in [2.45, 2.75) is 33.2 Å². The first-order valence-electron chi connectivity index (χ1n) is 7.53. The number of furan rings is 1. The van der Waals surface area contributed by atoms with Crippen LogP contribution >= 0.6 is 0 Å². The van der Waals surface area contributed by atoms with E-state index in [4.69, 9.17) is 9.68 Å². The van der Waals surface area contributed by atoms with Gasteiger partial charge in [-0.1, -0.05) is 0 Å². The van der Waals surface area contributed by atoms with Gasteiger partial charge in [0.15, 0.2) is 0 Å². The van der Waals surface area contributed by atoms with Crippen molar-refractivity contribution in [3.8, 4) is 6.07 Å². The molecule has 0 unspecified atom stereocenters. The van der Waals surface area contributed by atoms with E-state index < -0.39 is 10.9 Å². The summed E-state index contributed by atoms with van der Waals surface area (Å²) in [5, 5.41) is 15.8. The van der Waals surface area contributed by atoms with E-state index in [0.29, 0.717) is 17.0 Å². The van der Waals surface area contributed by atoms with Crippen molar-refractivity contribution in [3.63, 3.8) is 0 Å². The predicted molar refractivity (Wildman–Crippen MR) is 93.7 cm³/mol. The SMILES string of the molecule is Cc1c(Nc2c(NC(C)(C)C)c(=O)c2=O)oc2ccc(C#N)cc12. The molecule has 0 amide bonds. The number of nitrogens with zero attached hydrogens (tertiary/aromatic N) is 1. The van der Waals surface area contributed by atoms with Gasteiger partial charge in [-0.15, -0.1) is 0 Å². The maximum Gasteiger partial charge on any atom is 0.253 e. The van der Waals surface area contributed by atoms with Crippen LogP contribution in [0.1, 0.15) is 31.9 Å². The van der Waals surface area contributed by atoms with Gasteiger partial charge in [0.05, 0.1) is 11.6 Å². The average Bonchev–Trinajstić information content (AvgIpc) is 2.85. The maximum absolute atomic E-state index is 11.9. The van der Waals surface area contributed by atoms with Gasteiger partial charge >= 0.3 is 0 Å². The van der Waals surface area contributed by atoms with Crippen molar-refractivity contribution < 1.29 is 4.42 Å². The molecule has 0 aliphatic rings. The van der Waals surface area contributed by atoms with Crippen molar-refractivity contribution in [2.75, 3.05) is 10.6 Å². The second-order valence-electron chi connectivity index (χ2n) is 6.79. The second-order valence-corrected chi connectivity index (χ2v) is 6.79. The Labute approximate surface area is 138 Å². The molecule has 0 atom stereocenters. The van der Waals surface area contributed by atoms with Crippen molar-refractivity contribution in [2.24, 2.45) is 0 Å². The number of nitrogens with one attached hydrogen (secondary N) is 2. The number of anilines is 3. The van der Waals surface area contributed by atoms with Crippen LogP contribution < -0.4 is 21.5 Å². The molecule has 2 N–H and O–H groups in total. The molecule has 0 aliphatic heterocycles. The highest BCUT2D eigenvalue weighted by atomic mass is 16.3. The highest BCUT2D eigenvalue weighted by Crippen LogP contribution is 2.33. The molecule has 0 saturated carbocycles. The van der Waals surface area contributed by atoms with Crippen LogP contribution in [0.25, 0.3) is 11.0 Å². The van der Waals surface area contributed by atoms with Crippen LogP contribution in [0, 0.1) is 18.3 Å². The minimum absolute atomic E-state index is 0.206. The van der Waals surface area contributed by atoms with Gasteiger partial charge in [-0.3, -0.25) is 9.59 Å². The van der Waals surface area contributed by atoms with Crippen LogP contribution in [-0.2, 0) is 0 Å². The Kier molecular flexibility index (Phi) is 3.45. The topological polar surface area (TPSA) is 95.1 Å². The van der Waals surface area contributed by atoms with Crippen LogP contribution in [0.3, 0.4) is 0 Å². The first kappa shape index (κ1) is 15.8. The van der Waals surface area contributed by atoms with Gasteiger partial charge in [-0.05, 0) is 45.9 Å². The molecule has 3 aromatic rings. The molecule has 0 fully saturated rings. The monoisotopic (exact) mass is 323 g/mol. The molecular weight excluding hydrogens is 306 g/mol. The Bertz CT molecular complexity index is 1050. The zero-order valence-corrected chi connectivity index (χ0v) is 13.9. The van der Waals surface area contributed by atoms with Crippen LogP contribution in [0.15, 0.2) is 32.2 Å². The minimum Gasteiger partial charge on any atom is -0.440 e. The van der Waals surface area contributed by atoms with E-state index in [2.05, 4.69) is 16.7 Å². The molecule has 0 spiro atoms. The quantitative estimate of drug-likeness (QED) is 0.719. The fraction of sp³-hybridized carbons (Fsp3) is 0.278. The van der Waals surface area contributed by atoms with Crippen LogP contribution in [0.4, 0.5) is 17.3 Å². The molecule has 122 valence electrons. The third-order valence-corrected chi connectivity index (χ3v) is 3.71. The van der Waals surface area contributed by atoms with Crippen molar-refractivity contribution in [1.82, 2.24) is 0 Å².